The first kappa shape index (κ1) is 18.7. The van der Waals surface area contributed by atoms with E-state index < -0.39 is 0 Å². The Hall–Kier alpha value is -3.68. The molecule has 2 aromatic carbocycles. The van der Waals surface area contributed by atoms with Gasteiger partial charge in [0, 0.05) is 23.6 Å². The minimum absolute atomic E-state index is 0.146. The van der Waals surface area contributed by atoms with Gasteiger partial charge in [0.15, 0.2) is 0 Å². The van der Waals surface area contributed by atoms with Crippen LogP contribution in [0.1, 0.15) is 12.0 Å². The Morgan fingerprint density at radius 3 is 2.86 bits per heavy atom. The summed E-state index contributed by atoms with van der Waals surface area (Å²) in [5.41, 5.74) is 2.05. The van der Waals surface area contributed by atoms with E-state index in [1.807, 2.05) is 18.2 Å². The first-order chi connectivity index (χ1) is 14.1. The first-order valence-corrected chi connectivity index (χ1v) is 9.17. The highest BCUT2D eigenvalue weighted by molar-refractivity contribution is 5.90. The Labute approximate surface area is 166 Å². The van der Waals surface area contributed by atoms with Gasteiger partial charge in [0.1, 0.15) is 11.6 Å². The van der Waals surface area contributed by atoms with Gasteiger partial charge in [0.2, 0.25) is 5.91 Å². The molecule has 0 aliphatic rings. The van der Waals surface area contributed by atoms with E-state index >= 15 is 0 Å². The molecule has 0 aliphatic carbocycles. The predicted octanol–water partition coefficient (Wildman–Crippen LogP) is 3.46. The maximum Gasteiger partial charge on any atom is 0.226 e. The Kier molecular flexibility index (Phi) is 5.24. The lowest BCUT2D eigenvalue weighted by Gasteiger charge is -2.05. The van der Waals surface area contributed by atoms with Crippen molar-refractivity contribution in [2.75, 3.05) is 12.4 Å². The summed E-state index contributed by atoms with van der Waals surface area (Å²) in [6.45, 7) is 0.746. The number of aryl methyl sites for hydroxylation is 1. The highest BCUT2D eigenvalue weighted by atomic mass is 19.1. The molecule has 0 aliphatic heterocycles. The Morgan fingerprint density at radius 2 is 2.03 bits per heavy atom. The molecule has 148 valence electrons. The summed E-state index contributed by atoms with van der Waals surface area (Å²) in [6, 6.07) is 12.2. The third-order valence-electron chi connectivity index (χ3n) is 4.61. The van der Waals surface area contributed by atoms with Crippen molar-refractivity contribution in [3.8, 4) is 5.75 Å². The van der Waals surface area contributed by atoms with Crippen molar-refractivity contribution in [2.24, 2.45) is 0 Å². The van der Waals surface area contributed by atoms with E-state index in [1.54, 1.807) is 53.3 Å². The number of nitrogens with zero attached hydrogens (tertiary/aromatic N) is 4. The van der Waals surface area contributed by atoms with E-state index in [9.17, 15) is 9.18 Å². The molecule has 0 bridgehead atoms. The second kappa shape index (κ2) is 8.14. The molecule has 0 saturated carbocycles. The summed E-state index contributed by atoms with van der Waals surface area (Å²) in [7, 11) is 1.62. The van der Waals surface area contributed by atoms with Gasteiger partial charge in [-0.05, 0) is 24.3 Å². The molecule has 8 heteroatoms. The maximum atomic E-state index is 13.8. The number of ether oxygens (including phenoxy) is 1. The molecule has 0 fully saturated rings. The molecule has 2 heterocycles. The molecule has 0 saturated heterocycles. The minimum Gasteiger partial charge on any atom is -0.497 e. The normalized spacial score (nSPS) is 11.0. The molecular weight excluding hydrogens is 373 g/mol. The van der Waals surface area contributed by atoms with Gasteiger partial charge in [-0.2, -0.15) is 10.2 Å². The standard InChI is InChI=1S/C21H20FN5O2/c1-29-18-6-7-20-16(10-18)11-24-27(20)9-8-21(28)25-17-12-23-26(14-17)13-15-4-2-3-5-19(15)22/h2-7,10-12,14H,8-9,13H2,1H3,(H,25,28). The molecule has 7 nitrogen and oxygen atoms in total. The van der Waals surface area contributed by atoms with Crippen molar-refractivity contribution in [3.05, 3.63) is 72.4 Å². The highest BCUT2D eigenvalue weighted by Gasteiger charge is 2.09. The van der Waals surface area contributed by atoms with Crippen molar-refractivity contribution in [1.82, 2.24) is 19.6 Å². The molecule has 0 unspecified atom stereocenters. The third-order valence-corrected chi connectivity index (χ3v) is 4.61. The van der Waals surface area contributed by atoms with Crippen LogP contribution >= 0.6 is 0 Å². The zero-order valence-electron chi connectivity index (χ0n) is 15.9. The van der Waals surface area contributed by atoms with Gasteiger partial charge in [-0.3, -0.25) is 14.2 Å². The van der Waals surface area contributed by atoms with Gasteiger partial charge in [0.05, 0.1) is 43.8 Å². The number of hydrogen-bond donors (Lipinski definition) is 1. The number of nitrogens with one attached hydrogen (secondary N) is 1. The van der Waals surface area contributed by atoms with E-state index in [2.05, 4.69) is 15.5 Å². The monoisotopic (exact) mass is 393 g/mol. The van der Waals surface area contributed by atoms with Crippen LogP contribution in [0.2, 0.25) is 0 Å². The zero-order valence-corrected chi connectivity index (χ0v) is 15.9. The Balaban J connectivity index is 1.35. The van der Waals surface area contributed by atoms with Crippen LogP contribution < -0.4 is 10.1 Å². The van der Waals surface area contributed by atoms with Crippen LogP contribution in [0.4, 0.5) is 10.1 Å². The molecule has 1 N–H and O–H groups in total. The van der Waals surface area contributed by atoms with Crippen LogP contribution in [0.5, 0.6) is 5.75 Å². The summed E-state index contributed by atoms with van der Waals surface area (Å²) in [6.07, 6.45) is 5.25. The summed E-state index contributed by atoms with van der Waals surface area (Å²) < 4.78 is 22.3. The number of carbonyl (C=O) groups is 1. The largest absolute Gasteiger partial charge is 0.497 e. The van der Waals surface area contributed by atoms with Crippen LogP contribution in [-0.4, -0.2) is 32.6 Å². The Morgan fingerprint density at radius 1 is 1.17 bits per heavy atom. The van der Waals surface area contributed by atoms with E-state index in [4.69, 9.17) is 4.74 Å². The number of amides is 1. The van der Waals surface area contributed by atoms with Crippen LogP contribution in [0.25, 0.3) is 10.9 Å². The second-order valence-electron chi connectivity index (χ2n) is 6.61. The van der Waals surface area contributed by atoms with Crippen LogP contribution in [0.15, 0.2) is 61.1 Å². The maximum absolute atomic E-state index is 13.8. The first-order valence-electron chi connectivity index (χ1n) is 9.17. The van der Waals surface area contributed by atoms with Crippen LogP contribution in [-0.2, 0) is 17.9 Å². The Bertz CT molecular complexity index is 1150. The van der Waals surface area contributed by atoms with Crippen molar-refractivity contribution in [2.45, 2.75) is 19.5 Å². The summed E-state index contributed by atoms with van der Waals surface area (Å²) >= 11 is 0. The van der Waals surface area contributed by atoms with Gasteiger partial charge >= 0.3 is 0 Å². The van der Waals surface area contributed by atoms with E-state index in [1.165, 1.54) is 6.07 Å². The smallest absolute Gasteiger partial charge is 0.226 e. The number of benzene rings is 2. The lowest BCUT2D eigenvalue weighted by molar-refractivity contribution is -0.116. The van der Waals surface area contributed by atoms with Gasteiger partial charge in [-0.15, -0.1) is 0 Å². The fourth-order valence-corrected chi connectivity index (χ4v) is 3.12. The number of carbonyl (C=O) groups excluding carboxylic acids is 1. The van der Waals surface area contributed by atoms with Gasteiger partial charge in [0.25, 0.3) is 0 Å². The quantitative estimate of drug-likeness (QED) is 0.522. The average molecular weight is 393 g/mol. The van der Waals surface area contributed by atoms with Crippen LogP contribution in [0, 0.1) is 5.82 Å². The summed E-state index contributed by atoms with van der Waals surface area (Å²) in [4.78, 5) is 12.3. The number of anilines is 1. The molecule has 4 aromatic rings. The van der Waals surface area contributed by atoms with Crippen molar-refractivity contribution in [1.29, 1.82) is 0 Å². The highest BCUT2D eigenvalue weighted by Crippen LogP contribution is 2.20. The number of hydrogen-bond acceptors (Lipinski definition) is 4. The summed E-state index contributed by atoms with van der Waals surface area (Å²) in [5, 5.41) is 12.3. The molecule has 1 amide bonds. The molecule has 0 atom stereocenters. The number of fused-ring (bicyclic) bond motifs is 1. The lowest BCUT2D eigenvalue weighted by atomic mass is 10.2. The number of aromatic nitrogens is 4. The fourth-order valence-electron chi connectivity index (χ4n) is 3.12. The van der Waals surface area contributed by atoms with E-state index in [0.29, 0.717) is 24.3 Å². The van der Waals surface area contributed by atoms with Crippen molar-refractivity contribution < 1.29 is 13.9 Å². The number of rotatable bonds is 7. The number of methoxy groups -OCH3 is 1. The molecule has 29 heavy (non-hydrogen) atoms. The average Bonchev–Trinajstić information content (AvgIpc) is 3.34. The van der Waals surface area contributed by atoms with Gasteiger partial charge < -0.3 is 10.1 Å². The molecule has 2 aromatic heterocycles. The van der Waals surface area contributed by atoms with Crippen molar-refractivity contribution >= 4 is 22.5 Å². The summed E-state index contributed by atoms with van der Waals surface area (Å²) in [5.74, 6) is 0.340. The lowest BCUT2D eigenvalue weighted by Crippen LogP contribution is -2.14. The zero-order chi connectivity index (χ0) is 20.2. The SMILES string of the molecule is COc1ccc2c(cnn2CCC(=O)Nc2cnn(Cc3ccccc3F)c2)c1. The second-order valence-corrected chi connectivity index (χ2v) is 6.61. The van der Waals surface area contributed by atoms with Crippen LogP contribution in [0.3, 0.4) is 0 Å². The molecular formula is C21H20FN5O2. The van der Waals surface area contributed by atoms with E-state index in [0.717, 1.165) is 16.7 Å². The number of halogens is 1. The minimum atomic E-state index is -0.280. The molecule has 4 rings (SSSR count). The fraction of sp³-hybridized carbons (Fsp3) is 0.190. The van der Waals surface area contributed by atoms with Gasteiger partial charge in [-0.1, -0.05) is 18.2 Å². The third kappa shape index (κ3) is 4.26. The molecule has 0 radical (unpaired) electrons. The van der Waals surface area contributed by atoms with Crippen molar-refractivity contribution in [3.63, 3.8) is 0 Å². The predicted molar refractivity (Wildman–Crippen MR) is 107 cm³/mol. The van der Waals surface area contributed by atoms with E-state index in [-0.39, 0.29) is 18.1 Å². The topological polar surface area (TPSA) is 74.0 Å². The van der Waals surface area contributed by atoms with Gasteiger partial charge in [-0.25, -0.2) is 4.39 Å². The molecule has 0 spiro atoms.